The number of nitrogens with one attached hydrogen (secondary N) is 2. The van der Waals surface area contributed by atoms with Crippen molar-refractivity contribution in [2.24, 2.45) is 0 Å². The molecule has 0 fully saturated rings. The number of fused-ring (bicyclic) bond motifs is 1. The normalized spacial score (nSPS) is 10.7. The van der Waals surface area contributed by atoms with E-state index in [9.17, 15) is 9.59 Å². The van der Waals surface area contributed by atoms with E-state index < -0.39 is 5.91 Å². The van der Waals surface area contributed by atoms with Crippen LogP contribution < -0.4 is 5.32 Å². The maximum atomic E-state index is 12.5. The predicted molar refractivity (Wildman–Crippen MR) is 90.5 cm³/mol. The number of anilines is 1. The summed E-state index contributed by atoms with van der Waals surface area (Å²) in [7, 11) is 0. The van der Waals surface area contributed by atoms with Gasteiger partial charge in [-0.1, -0.05) is 35.3 Å². The first-order chi connectivity index (χ1) is 11.0. The zero-order valence-electron chi connectivity index (χ0n) is 12.0. The number of ketones is 1. The molecule has 7 heteroatoms. The van der Waals surface area contributed by atoms with Crippen molar-refractivity contribution in [1.29, 1.82) is 0 Å². The third kappa shape index (κ3) is 3.06. The maximum Gasteiger partial charge on any atom is 0.258 e. The average Bonchev–Trinajstić information content (AvgIpc) is 2.87. The smallest absolute Gasteiger partial charge is 0.258 e. The number of aromatic nitrogens is 2. The molecule has 0 saturated carbocycles. The monoisotopic (exact) mass is 347 g/mol. The van der Waals surface area contributed by atoms with Crippen molar-refractivity contribution in [3.05, 3.63) is 57.6 Å². The van der Waals surface area contributed by atoms with Crippen molar-refractivity contribution in [3.8, 4) is 0 Å². The summed E-state index contributed by atoms with van der Waals surface area (Å²) in [5.74, 6) is -0.554. The van der Waals surface area contributed by atoms with Crippen LogP contribution in [0.1, 0.15) is 27.6 Å². The molecule has 23 heavy (non-hydrogen) atoms. The molecule has 2 N–H and O–H groups in total. The Morgan fingerprint density at radius 1 is 1.17 bits per heavy atom. The van der Waals surface area contributed by atoms with Crippen molar-refractivity contribution in [3.63, 3.8) is 0 Å². The Morgan fingerprint density at radius 2 is 1.91 bits per heavy atom. The lowest BCUT2D eigenvalue weighted by Gasteiger charge is -2.09. The molecule has 0 unspecified atom stereocenters. The molecule has 0 spiro atoms. The number of amides is 1. The Labute approximate surface area is 141 Å². The van der Waals surface area contributed by atoms with Crippen molar-refractivity contribution < 1.29 is 9.59 Å². The zero-order valence-corrected chi connectivity index (χ0v) is 13.5. The van der Waals surface area contributed by atoms with Crippen LogP contribution in [0.3, 0.4) is 0 Å². The van der Waals surface area contributed by atoms with Crippen LogP contribution in [0.4, 0.5) is 5.95 Å². The summed E-state index contributed by atoms with van der Waals surface area (Å²) in [4.78, 5) is 31.5. The maximum absolute atomic E-state index is 12.5. The van der Waals surface area contributed by atoms with Gasteiger partial charge in [0.15, 0.2) is 5.78 Å². The molecule has 116 valence electrons. The van der Waals surface area contributed by atoms with Crippen LogP contribution in [0.15, 0.2) is 36.4 Å². The number of carbonyl (C=O) groups excluding carboxylic acids is 2. The molecule has 5 nitrogen and oxygen atoms in total. The van der Waals surface area contributed by atoms with E-state index in [0.717, 1.165) is 11.0 Å². The van der Waals surface area contributed by atoms with Crippen molar-refractivity contribution >= 4 is 51.9 Å². The molecule has 1 amide bonds. The van der Waals surface area contributed by atoms with Gasteiger partial charge in [-0.2, -0.15) is 0 Å². The van der Waals surface area contributed by atoms with Crippen LogP contribution in [0.2, 0.25) is 10.0 Å². The Bertz CT molecular complexity index is 901. The first-order valence-electron chi connectivity index (χ1n) is 6.72. The Morgan fingerprint density at radius 3 is 2.61 bits per heavy atom. The molecule has 3 aromatic rings. The van der Waals surface area contributed by atoms with E-state index in [-0.39, 0.29) is 32.9 Å². The molecule has 1 heterocycles. The average molecular weight is 348 g/mol. The predicted octanol–water partition coefficient (Wildman–Crippen LogP) is 4.32. The van der Waals surface area contributed by atoms with Gasteiger partial charge in [-0.05, 0) is 31.2 Å². The molecule has 0 atom stereocenters. The third-order valence-corrected chi connectivity index (χ3v) is 3.79. The second kappa shape index (κ2) is 6.02. The fourth-order valence-electron chi connectivity index (χ4n) is 2.30. The van der Waals surface area contributed by atoms with Crippen LogP contribution in [-0.2, 0) is 0 Å². The van der Waals surface area contributed by atoms with Gasteiger partial charge in [0.05, 0.1) is 21.6 Å². The molecular weight excluding hydrogens is 337 g/mol. The first-order valence-corrected chi connectivity index (χ1v) is 7.47. The standard InChI is InChI=1S/C16H11Cl2N3O2/c1-8(22)14-10(6-9(17)7-11(14)18)15(23)21-16-19-12-4-2-3-5-13(12)20-16/h2-7H,1H3,(H2,19,20,21,23). The molecule has 0 aliphatic carbocycles. The van der Waals surface area contributed by atoms with Crippen molar-refractivity contribution in [2.45, 2.75) is 6.92 Å². The third-order valence-electron chi connectivity index (χ3n) is 3.27. The summed E-state index contributed by atoms with van der Waals surface area (Å²) in [6.45, 7) is 1.34. The molecule has 0 bridgehead atoms. The van der Waals surface area contributed by atoms with Crippen LogP contribution in [-0.4, -0.2) is 21.7 Å². The molecule has 0 radical (unpaired) electrons. The Kier molecular flexibility index (Phi) is 4.07. The summed E-state index contributed by atoms with van der Waals surface area (Å²) in [5, 5.41) is 3.03. The summed E-state index contributed by atoms with van der Waals surface area (Å²) in [6.07, 6.45) is 0. The van der Waals surface area contributed by atoms with E-state index in [1.807, 2.05) is 24.3 Å². The Balaban J connectivity index is 1.98. The number of para-hydroxylation sites is 2. The minimum absolute atomic E-state index is 0.107. The van der Waals surface area contributed by atoms with Gasteiger partial charge in [0, 0.05) is 10.6 Å². The van der Waals surface area contributed by atoms with Gasteiger partial charge < -0.3 is 4.98 Å². The van der Waals surface area contributed by atoms with Gasteiger partial charge in [-0.15, -0.1) is 0 Å². The molecule has 0 saturated heterocycles. The van der Waals surface area contributed by atoms with E-state index in [2.05, 4.69) is 15.3 Å². The van der Waals surface area contributed by atoms with Gasteiger partial charge in [0.1, 0.15) is 0 Å². The fourth-order valence-corrected chi connectivity index (χ4v) is 2.92. The highest BCUT2D eigenvalue weighted by atomic mass is 35.5. The summed E-state index contributed by atoms with van der Waals surface area (Å²) >= 11 is 12.0. The second-order valence-electron chi connectivity index (χ2n) is 4.92. The summed E-state index contributed by atoms with van der Waals surface area (Å²) in [6, 6.07) is 10.2. The topological polar surface area (TPSA) is 74.8 Å². The largest absolute Gasteiger partial charge is 0.324 e. The van der Waals surface area contributed by atoms with Gasteiger partial charge in [-0.3, -0.25) is 14.9 Å². The van der Waals surface area contributed by atoms with Crippen LogP contribution in [0.5, 0.6) is 0 Å². The van der Waals surface area contributed by atoms with Crippen LogP contribution >= 0.6 is 23.2 Å². The molecule has 0 aliphatic heterocycles. The van der Waals surface area contributed by atoms with Gasteiger partial charge in [0.2, 0.25) is 5.95 Å². The number of Topliss-reactive ketones (excluding diaryl/α,β-unsaturated/α-hetero) is 1. The van der Waals surface area contributed by atoms with E-state index in [4.69, 9.17) is 23.2 Å². The van der Waals surface area contributed by atoms with Crippen molar-refractivity contribution in [1.82, 2.24) is 9.97 Å². The number of halogens is 2. The number of aromatic amines is 1. The second-order valence-corrected chi connectivity index (χ2v) is 5.77. The van der Waals surface area contributed by atoms with Gasteiger partial charge in [0.25, 0.3) is 5.91 Å². The van der Waals surface area contributed by atoms with Crippen LogP contribution in [0, 0.1) is 0 Å². The number of carbonyl (C=O) groups is 2. The number of rotatable bonds is 3. The Hall–Kier alpha value is -2.37. The molecule has 2 aromatic carbocycles. The summed E-state index contributed by atoms with van der Waals surface area (Å²) < 4.78 is 0. The molecule has 1 aromatic heterocycles. The first kappa shape index (κ1) is 15.5. The van der Waals surface area contributed by atoms with E-state index >= 15 is 0 Å². The van der Waals surface area contributed by atoms with Crippen LogP contribution in [0.25, 0.3) is 11.0 Å². The minimum atomic E-state index is -0.515. The molecule has 0 aliphatic rings. The highest BCUT2D eigenvalue weighted by Crippen LogP contribution is 2.26. The number of nitrogens with zero attached hydrogens (tertiary/aromatic N) is 1. The minimum Gasteiger partial charge on any atom is -0.324 e. The number of hydrogen-bond donors (Lipinski definition) is 2. The highest BCUT2D eigenvalue weighted by Gasteiger charge is 2.20. The molecular formula is C16H11Cl2N3O2. The fraction of sp³-hybridized carbons (Fsp3) is 0.0625. The summed E-state index contributed by atoms with van der Waals surface area (Å²) in [5.41, 5.74) is 1.75. The zero-order chi connectivity index (χ0) is 16.6. The lowest BCUT2D eigenvalue weighted by Crippen LogP contribution is -2.17. The van der Waals surface area contributed by atoms with E-state index in [1.54, 1.807) is 0 Å². The van der Waals surface area contributed by atoms with Gasteiger partial charge >= 0.3 is 0 Å². The number of hydrogen-bond acceptors (Lipinski definition) is 3. The van der Waals surface area contributed by atoms with Crippen molar-refractivity contribution in [2.75, 3.05) is 5.32 Å². The number of H-pyrrole nitrogens is 1. The number of benzene rings is 2. The molecule has 3 rings (SSSR count). The van der Waals surface area contributed by atoms with E-state index in [1.165, 1.54) is 19.1 Å². The lowest BCUT2D eigenvalue weighted by atomic mass is 10.0. The number of imidazole rings is 1. The van der Waals surface area contributed by atoms with E-state index in [0.29, 0.717) is 0 Å². The van der Waals surface area contributed by atoms with Gasteiger partial charge in [-0.25, -0.2) is 4.98 Å². The highest BCUT2D eigenvalue weighted by molar-refractivity contribution is 6.38. The quantitative estimate of drug-likeness (QED) is 0.692. The SMILES string of the molecule is CC(=O)c1c(Cl)cc(Cl)cc1C(=O)Nc1nc2ccccc2[nH]1. The lowest BCUT2D eigenvalue weighted by molar-refractivity contribution is 0.0985.